The quantitative estimate of drug-likeness (QED) is 0.144. The van der Waals surface area contributed by atoms with Gasteiger partial charge in [0.1, 0.15) is 0 Å². The van der Waals surface area contributed by atoms with Crippen molar-refractivity contribution in [3.05, 3.63) is 0 Å². The van der Waals surface area contributed by atoms with E-state index in [2.05, 4.69) is 0 Å². The predicted octanol–water partition coefficient (Wildman–Crippen LogP) is 1.14. The zero-order valence-corrected chi connectivity index (χ0v) is 21.6. The molecule has 0 radical (unpaired) electrons. The summed E-state index contributed by atoms with van der Waals surface area (Å²) in [5.41, 5.74) is 0. The van der Waals surface area contributed by atoms with Crippen LogP contribution < -0.4 is 0 Å². The molecule has 0 amide bonds. The van der Waals surface area contributed by atoms with Gasteiger partial charge in [-0.1, -0.05) is 40.0 Å². The molecule has 0 spiro atoms. The van der Waals surface area contributed by atoms with Gasteiger partial charge in [0.2, 0.25) is 0 Å². The first-order valence-electron chi connectivity index (χ1n) is 10.2. The summed E-state index contributed by atoms with van der Waals surface area (Å²) in [4.78, 5) is 0. The van der Waals surface area contributed by atoms with Crippen LogP contribution in [0.3, 0.4) is 0 Å². The molecule has 0 aromatic carbocycles. The van der Waals surface area contributed by atoms with Gasteiger partial charge in [-0.3, -0.25) is 13.7 Å². The third-order valence-electron chi connectivity index (χ3n) is 3.04. The molecular formula is C17H42O12S3. The first-order chi connectivity index (χ1) is 14.5. The second-order valence-corrected chi connectivity index (χ2v) is 11.3. The third kappa shape index (κ3) is 57.1. The average Bonchev–Trinajstić information content (AvgIpc) is 2.60. The summed E-state index contributed by atoms with van der Waals surface area (Å²) < 4.78 is 82.7. The number of aliphatic hydroxyl groups is 3. The molecule has 0 aromatic rings. The normalized spacial score (nSPS) is 12.3. The van der Waals surface area contributed by atoms with Crippen molar-refractivity contribution >= 4 is 30.4 Å². The van der Waals surface area contributed by atoms with E-state index in [4.69, 9.17) is 29.0 Å². The van der Waals surface area contributed by atoms with Crippen LogP contribution in [-0.4, -0.2) is 90.8 Å². The summed E-state index contributed by atoms with van der Waals surface area (Å²) in [6, 6.07) is 0. The fraction of sp³-hybridized carbons (Fsp3) is 1.00. The summed E-state index contributed by atoms with van der Waals surface area (Å²) in [7, 11) is -11.0. The molecule has 0 rings (SSSR count). The molecule has 0 aromatic heterocycles. The Balaban J connectivity index is -0.000000167. The number of rotatable bonds is 13. The lowest BCUT2D eigenvalue weighted by atomic mass is 10.1. The van der Waals surface area contributed by atoms with E-state index >= 15 is 0 Å². The van der Waals surface area contributed by atoms with E-state index in [9.17, 15) is 25.3 Å². The molecule has 0 bridgehead atoms. The van der Waals surface area contributed by atoms with Crippen LogP contribution >= 0.6 is 0 Å². The molecule has 15 heteroatoms. The lowest BCUT2D eigenvalue weighted by Gasteiger charge is -2.05. The van der Waals surface area contributed by atoms with Crippen LogP contribution in [0.5, 0.6) is 0 Å². The molecular weight excluding hydrogens is 492 g/mol. The van der Waals surface area contributed by atoms with Crippen molar-refractivity contribution in [2.24, 2.45) is 0 Å². The molecule has 200 valence electrons. The van der Waals surface area contributed by atoms with E-state index in [1.165, 1.54) is 0 Å². The monoisotopic (exact) mass is 534 g/mol. The Hall–Kier alpha value is -0.390. The lowest BCUT2D eigenvalue weighted by Crippen LogP contribution is -2.10. The van der Waals surface area contributed by atoms with Gasteiger partial charge in [0.05, 0.1) is 30.0 Å². The van der Waals surface area contributed by atoms with Gasteiger partial charge in [0, 0.05) is 6.61 Å². The molecule has 6 N–H and O–H groups in total. The maximum Gasteiger partial charge on any atom is 0.264 e. The first kappa shape index (κ1) is 38.9. The molecule has 0 heterocycles. The van der Waals surface area contributed by atoms with Crippen molar-refractivity contribution in [3.63, 3.8) is 0 Å². The lowest BCUT2D eigenvalue weighted by molar-refractivity contribution is 0.0859. The van der Waals surface area contributed by atoms with Crippen molar-refractivity contribution in [3.8, 4) is 0 Å². The van der Waals surface area contributed by atoms with E-state index < -0.39 is 36.5 Å². The minimum atomic E-state index is -3.67. The van der Waals surface area contributed by atoms with Crippen LogP contribution in [0.25, 0.3) is 0 Å². The van der Waals surface area contributed by atoms with Gasteiger partial charge in [0.25, 0.3) is 30.4 Å². The molecule has 0 saturated carbocycles. The minimum Gasteiger partial charge on any atom is -0.396 e. The van der Waals surface area contributed by atoms with Crippen LogP contribution in [0, 0.1) is 0 Å². The van der Waals surface area contributed by atoms with Crippen LogP contribution in [0.2, 0.25) is 0 Å². The SMILES string of the molecule is CCCS(=O)(=O)O.CCCS(=O)(=O)O.CCCS(=O)(=O)O.OCCCCCCC(O)CO. The molecule has 12 nitrogen and oxygen atoms in total. The second-order valence-electron chi connectivity index (χ2n) is 6.62. The van der Waals surface area contributed by atoms with E-state index in [1.54, 1.807) is 20.8 Å². The molecule has 0 aliphatic rings. The summed E-state index contributed by atoms with van der Waals surface area (Å²) in [6.07, 6.45) is 5.34. The molecule has 32 heavy (non-hydrogen) atoms. The number of hydrogen-bond donors (Lipinski definition) is 6. The van der Waals surface area contributed by atoms with Gasteiger partial charge in [-0.25, -0.2) is 0 Å². The molecule has 0 aliphatic heterocycles. The van der Waals surface area contributed by atoms with Gasteiger partial charge in [0.15, 0.2) is 0 Å². The zero-order valence-electron chi connectivity index (χ0n) is 19.1. The number of aliphatic hydroxyl groups excluding tert-OH is 3. The summed E-state index contributed by atoms with van der Waals surface area (Å²) in [5.74, 6) is -0.396. The van der Waals surface area contributed by atoms with Crippen molar-refractivity contribution in [2.75, 3.05) is 30.5 Å². The summed E-state index contributed by atoms with van der Waals surface area (Å²) >= 11 is 0. The Kier molecular flexibility index (Phi) is 28.8. The number of hydrogen-bond acceptors (Lipinski definition) is 9. The second kappa shape index (κ2) is 23.8. The van der Waals surface area contributed by atoms with Crippen molar-refractivity contribution in [1.82, 2.24) is 0 Å². The van der Waals surface area contributed by atoms with Gasteiger partial charge >= 0.3 is 0 Å². The highest BCUT2D eigenvalue weighted by Gasteiger charge is 2.00. The maximum absolute atomic E-state index is 9.79. The van der Waals surface area contributed by atoms with Gasteiger partial charge in [-0.2, -0.15) is 25.3 Å². The molecule has 0 aliphatic carbocycles. The van der Waals surface area contributed by atoms with E-state index in [0.29, 0.717) is 25.7 Å². The molecule has 1 atom stereocenters. The Morgan fingerprint density at radius 1 is 0.594 bits per heavy atom. The van der Waals surface area contributed by atoms with Gasteiger partial charge in [-0.05, 0) is 32.1 Å². The molecule has 0 fully saturated rings. The zero-order chi connectivity index (χ0) is 26.3. The van der Waals surface area contributed by atoms with Crippen LogP contribution in [0.1, 0.15) is 72.1 Å². The Labute approximate surface area is 193 Å². The van der Waals surface area contributed by atoms with E-state index in [0.717, 1.165) is 25.7 Å². The first-order valence-corrected chi connectivity index (χ1v) is 15.1. The fourth-order valence-electron chi connectivity index (χ4n) is 1.71. The largest absolute Gasteiger partial charge is 0.396 e. The van der Waals surface area contributed by atoms with Gasteiger partial charge < -0.3 is 15.3 Å². The van der Waals surface area contributed by atoms with Crippen LogP contribution in [0.15, 0.2) is 0 Å². The highest BCUT2D eigenvalue weighted by molar-refractivity contribution is 7.86. The topological polar surface area (TPSA) is 224 Å². The van der Waals surface area contributed by atoms with Gasteiger partial charge in [-0.15, -0.1) is 0 Å². The Morgan fingerprint density at radius 2 is 0.906 bits per heavy atom. The van der Waals surface area contributed by atoms with Crippen LogP contribution in [-0.2, 0) is 30.4 Å². The Bertz CT molecular complexity index is 607. The highest BCUT2D eigenvalue weighted by Crippen LogP contribution is 2.04. The van der Waals surface area contributed by atoms with Crippen molar-refractivity contribution in [1.29, 1.82) is 0 Å². The minimum absolute atomic E-state index is 0.132. The fourth-order valence-corrected chi connectivity index (χ4v) is 3.26. The molecule has 1 unspecified atom stereocenters. The summed E-state index contributed by atoms with van der Waals surface area (Å²) in [5, 5.41) is 25.8. The maximum atomic E-state index is 9.79. The third-order valence-corrected chi connectivity index (χ3v) is 5.81. The smallest absolute Gasteiger partial charge is 0.264 e. The molecule has 0 saturated heterocycles. The highest BCUT2D eigenvalue weighted by atomic mass is 32.2. The van der Waals surface area contributed by atoms with Crippen molar-refractivity contribution in [2.45, 2.75) is 78.2 Å². The standard InChI is InChI=1S/C8H18O3.3C3H8O3S/c9-6-4-2-1-3-5-8(11)7-10;3*1-2-3-7(4,5)6/h8-11H,1-7H2;3*2-3H2,1H3,(H,4,5,6). The Morgan fingerprint density at radius 3 is 1.09 bits per heavy atom. The summed E-state index contributed by atoms with van der Waals surface area (Å²) in [6.45, 7) is 5.18. The van der Waals surface area contributed by atoms with E-state index in [1.807, 2.05) is 0 Å². The number of unbranched alkanes of at least 4 members (excludes halogenated alkanes) is 3. The van der Waals surface area contributed by atoms with Crippen molar-refractivity contribution < 1.29 is 54.2 Å². The predicted molar refractivity (Wildman–Crippen MR) is 123 cm³/mol. The van der Waals surface area contributed by atoms with Crippen LogP contribution in [0.4, 0.5) is 0 Å². The average molecular weight is 535 g/mol. The van der Waals surface area contributed by atoms with E-state index in [-0.39, 0.29) is 30.5 Å².